The van der Waals surface area contributed by atoms with E-state index in [9.17, 15) is 18.0 Å². The van der Waals surface area contributed by atoms with Gasteiger partial charge in [-0.3, -0.25) is 9.59 Å². The summed E-state index contributed by atoms with van der Waals surface area (Å²) >= 11 is 1.10. The van der Waals surface area contributed by atoms with Crippen LogP contribution in [0, 0.1) is 0 Å². The number of aromatic nitrogens is 1. The molecule has 3 rings (SSSR count). The first-order valence-electron chi connectivity index (χ1n) is 7.70. The number of carbonyl (C=O) groups is 1. The maximum absolute atomic E-state index is 12.5. The number of nitrogens with one attached hydrogen (secondary N) is 2. The molecule has 0 fully saturated rings. The molecule has 0 bridgehead atoms. The summed E-state index contributed by atoms with van der Waals surface area (Å²) in [6, 6.07) is 11.5. The molecule has 7 nitrogen and oxygen atoms in total. The SMILES string of the molecule is CN(C)S(=O)(=O)c1ccc(CNC(=O)c2cc(=O)[nH]c3ccccc23)s1. The number of sulfonamides is 1. The van der Waals surface area contributed by atoms with Crippen LogP contribution in [0.15, 0.2) is 51.5 Å². The number of nitrogens with zero attached hydrogens (tertiary/aromatic N) is 1. The second-order valence-corrected chi connectivity index (χ2v) is 9.33. The van der Waals surface area contributed by atoms with Gasteiger partial charge >= 0.3 is 0 Å². The molecule has 26 heavy (non-hydrogen) atoms. The normalized spacial score (nSPS) is 11.8. The summed E-state index contributed by atoms with van der Waals surface area (Å²) in [4.78, 5) is 27.7. The lowest BCUT2D eigenvalue weighted by molar-refractivity contribution is 0.0953. The van der Waals surface area contributed by atoms with E-state index in [1.807, 2.05) is 0 Å². The molecule has 0 aliphatic carbocycles. The van der Waals surface area contributed by atoms with E-state index in [1.54, 1.807) is 30.3 Å². The molecule has 9 heteroatoms. The molecule has 3 aromatic rings. The van der Waals surface area contributed by atoms with Crippen molar-refractivity contribution in [1.82, 2.24) is 14.6 Å². The molecule has 2 heterocycles. The fourth-order valence-electron chi connectivity index (χ4n) is 2.43. The number of fused-ring (bicyclic) bond motifs is 1. The molecular formula is C17H17N3O4S2. The van der Waals surface area contributed by atoms with Crippen LogP contribution in [-0.2, 0) is 16.6 Å². The molecule has 2 N–H and O–H groups in total. The van der Waals surface area contributed by atoms with Crippen molar-refractivity contribution in [3.05, 3.63) is 63.3 Å². The largest absolute Gasteiger partial charge is 0.347 e. The highest BCUT2D eigenvalue weighted by Crippen LogP contribution is 2.23. The van der Waals surface area contributed by atoms with Crippen molar-refractivity contribution in [1.29, 1.82) is 0 Å². The van der Waals surface area contributed by atoms with Crippen molar-refractivity contribution in [3.63, 3.8) is 0 Å². The van der Waals surface area contributed by atoms with Gasteiger partial charge in [0.2, 0.25) is 5.56 Å². The number of thiophene rings is 1. The predicted octanol–water partition coefficient (Wildman–Crippen LogP) is 1.77. The number of rotatable bonds is 5. The maximum atomic E-state index is 12.5. The summed E-state index contributed by atoms with van der Waals surface area (Å²) in [6.45, 7) is 0.174. The van der Waals surface area contributed by atoms with Crippen molar-refractivity contribution < 1.29 is 13.2 Å². The minimum absolute atomic E-state index is 0.174. The van der Waals surface area contributed by atoms with E-state index < -0.39 is 15.9 Å². The number of aromatic amines is 1. The van der Waals surface area contributed by atoms with Gasteiger partial charge in [-0.2, -0.15) is 0 Å². The Kier molecular flexibility index (Phi) is 4.94. The van der Waals surface area contributed by atoms with Crippen LogP contribution in [0.4, 0.5) is 0 Å². The first-order chi connectivity index (χ1) is 12.3. The summed E-state index contributed by atoms with van der Waals surface area (Å²) in [5.41, 5.74) is 0.506. The number of hydrogen-bond donors (Lipinski definition) is 2. The molecule has 0 radical (unpaired) electrons. The van der Waals surface area contributed by atoms with E-state index in [2.05, 4.69) is 10.3 Å². The van der Waals surface area contributed by atoms with Crippen LogP contribution >= 0.6 is 11.3 Å². The number of benzene rings is 1. The van der Waals surface area contributed by atoms with Crippen LogP contribution in [0.25, 0.3) is 10.9 Å². The van der Waals surface area contributed by atoms with Gasteiger partial charge in [-0.1, -0.05) is 18.2 Å². The minimum atomic E-state index is -3.49. The lowest BCUT2D eigenvalue weighted by atomic mass is 10.1. The summed E-state index contributed by atoms with van der Waals surface area (Å²) in [5.74, 6) is -0.391. The highest BCUT2D eigenvalue weighted by molar-refractivity contribution is 7.91. The van der Waals surface area contributed by atoms with E-state index in [-0.39, 0.29) is 21.9 Å². The number of amides is 1. The number of hydrogen-bond acceptors (Lipinski definition) is 5. The van der Waals surface area contributed by atoms with Gasteiger partial charge in [0.1, 0.15) is 4.21 Å². The van der Waals surface area contributed by atoms with Gasteiger partial charge in [-0.25, -0.2) is 12.7 Å². The van der Waals surface area contributed by atoms with Gasteiger partial charge in [-0.15, -0.1) is 11.3 Å². The van der Waals surface area contributed by atoms with Crippen LogP contribution < -0.4 is 10.9 Å². The topological polar surface area (TPSA) is 99.3 Å². The molecule has 1 amide bonds. The molecule has 0 spiro atoms. The third-order valence-corrected chi connectivity index (χ3v) is 7.16. The van der Waals surface area contributed by atoms with Gasteiger partial charge < -0.3 is 10.3 Å². The molecular weight excluding hydrogens is 374 g/mol. The lowest BCUT2D eigenvalue weighted by Gasteiger charge is -2.08. The third-order valence-electron chi connectivity index (χ3n) is 3.79. The van der Waals surface area contributed by atoms with E-state index in [0.717, 1.165) is 15.6 Å². The van der Waals surface area contributed by atoms with E-state index in [0.29, 0.717) is 15.8 Å². The van der Waals surface area contributed by atoms with Crippen LogP contribution in [0.1, 0.15) is 15.2 Å². The molecule has 0 saturated heterocycles. The zero-order valence-electron chi connectivity index (χ0n) is 14.1. The molecule has 0 saturated carbocycles. The summed E-state index contributed by atoms with van der Waals surface area (Å²) < 4.78 is 25.6. The first kappa shape index (κ1) is 18.3. The van der Waals surface area contributed by atoms with Crippen molar-refractivity contribution in [2.45, 2.75) is 10.8 Å². The number of para-hydroxylation sites is 1. The molecule has 0 aliphatic heterocycles. The highest BCUT2D eigenvalue weighted by Gasteiger charge is 2.20. The van der Waals surface area contributed by atoms with Gasteiger partial charge in [0.05, 0.1) is 12.1 Å². The van der Waals surface area contributed by atoms with E-state index >= 15 is 0 Å². The molecule has 136 valence electrons. The monoisotopic (exact) mass is 391 g/mol. The zero-order valence-corrected chi connectivity index (χ0v) is 15.8. The Morgan fingerprint density at radius 3 is 2.65 bits per heavy atom. The van der Waals surface area contributed by atoms with Crippen LogP contribution in [-0.4, -0.2) is 37.7 Å². The zero-order chi connectivity index (χ0) is 18.9. The van der Waals surface area contributed by atoms with Crippen LogP contribution in [0.2, 0.25) is 0 Å². The van der Waals surface area contributed by atoms with Gasteiger partial charge in [-0.05, 0) is 18.2 Å². The smallest absolute Gasteiger partial charge is 0.252 e. The summed E-state index contributed by atoms with van der Waals surface area (Å²) in [6.07, 6.45) is 0. The standard InChI is InChI=1S/C17H17N3O4S2/c1-20(2)26(23,24)16-8-7-11(25-16)10-18-17(22)13-9-15(21)19-14-6-4-3-5-12(13)14/h3-9H,10H2,1-2H3,(H,18,22)(H,19,21). The summed E-state index contributed by atoms with van der Waals surface area (Å²) in [5, 5.41) is 3.38. The average Bonchev–Trinajstić information content (AvgIpc) is 3.08. The van der Waals surface area contributed by atoms with Crippen molar-refractivity contribution in [3.8, 4) is 0 Å². The van der Waals surface area contributed by atoms with Gasteiger partial charge in [0.15, 0.2) is 0 Å². The average molecular weight is 391 g/mol. The van der Waals surface area contributed by atoms with Crippen molar-refractivity contribution in [2.75, 3.05) is 14.1 Å². The van der Waals surface area contributed by atoms with Crippen molar-refractivity contribution in [2.24, 2.45) is 0 Å². The lowest BCUT2D eigenvalue weighted by Crippen LogP contribution is -2.24. The quantitative estimate of drug-likeness (QED) is 0.692. The Labute approximate surface area is 154 Å². The minimum Gasteiger partial charge on any atom is -0.347 e. The number of H-pyrrole nitrogens is 1. The Bertz CT molecular complexity index is 1130. The Balaban J connectivity index is 1.81. The Morgan fingerprint density at radius 2 is 1.92 bits per heavy atom. The fourth-order valence-corrected chi connectivity index (χ4v) is 4.89. The van der Waals surface area contributed by atoms with Crippen LogP contribution in [0.5, 0.6) is 0 Å². The molecule has 1 aromatic carbocycles. The molecule has 0 aliphatic rings. The number of pyridine rings is 1. The summed E-state index contributed by atoms with van der Waals surface area (Å²) in [7, 11) is -0.554. The maximum Gasteiger partial charge on any atom is 0.252 e. The highest BCUT2D eigenvalue weighted by atomic mass is 32.2. The second kappa shape index (κ2) is 7.02. The first-order valence-corrected chi connectivity index (χ1v) is 9.96. The van der Waals surface area contributed by atoms with E-state index in [4.69, 9.17) is 0 Å². The Hall–Kier alpha value is -2.49. The molecule has 2 aromatic heterocycles. The third kappa shape index (κ3) is 3.55. The molecule has 0 atom stereocenters. The number of carbonyl (C=O) groups excluding carboxylic acids is 1. The molecule has 0 unspecified atom stereocenters. The Morgan fingerprint density at radius 1 is 1.19 bits per heavy atom. The van der Waals surface area contributed by atoms with Crippen molar-refractivity contribution >= 4 is 38.2 Å². The van der Waals surface area contributed by atoms with Crippen LogP contribution in [0.3, 0.4) is 0 Å². The fraction of sp³-hybridized carbons (Fsp3) is 0.176. The second-order valence-electron chi connectivity index (χ2n) is 5.78. The van der Waals surface area contributed by atoms with Gasteiger partial charge in [0, 0.05) is 35.9 Å². The van der Waals surface area contributed by atoms with E-state index in [1.165, 1.54) is 26.2 Å². The predicted molar refractivity (Wildman–Crippen MR) is 101 cm³/mol. The van der Waals surface area contributed by atoms with Gasteiger partial charge in [0.25, 0.3) is 15.9 Å².